The van der Waals surface area contributed by atoms with Crippen LogP contribution in [0.25, 0.3) is 0 Å². The van der Waals surface area contributed by atoms with Crippen LogP contribution in [0.2, 0.25) is 5.02 Å². The molecule has 0 spiro atoms. The van der Waals surface area contributed by atoms with Crippen molar-refractivity contribution in [1.29, 1.82) is 0 Å². The van der Waals surface area contributed by atoms with Gasteiger partial charge in [-0.15, -0.1) is 0 Å². The average molecular weight is 407 g/mol. The summed E-state index contributed by atoms with van der Waals surface area (Å²) in [5.41, 5.74) is -1.05. The molecule has 0 saturated carbocycles. The fourth-order valence-corrected chi connectivity index (χ4v) is 2.92. The molecular weight excluding hydrogens is 388 g/mol. The van der Waals surface area contributed by atoms with E-state index in [-0.39, 0.29) is 0 Å². The molecule has 0 aliphatic carbocycles. The summed E-state index contributed by atoms with van der Waals surface area (Å²) in [4.78, 5) is 25.5. The second-order valence-electron chi connectivity index (χ2n) is 6.10. The molecule has 0 saturated heterocycles. The van der Waals surface area contributed by atoms with Gasteiger partial charge in [-0.05, 0) is 25.1 Å². The minimum Gasteiger partial charge on any atom is -0.493 e. The summed E-state index contributed by atoms with van der Waals surface area (Å²) >= 11 is 5.93. The SMILES string of the molecule is COc1cc(NC(=O)C2(C)Oc3ccc(Cl)cc3NC2=O)cc(OC)c1OC. The molecule has 2 aromatic carbocycles. The van der Waals surface area contributed by atoms with E-state index in [1.807, 2.05) is 0 Å². The Morgan fingerprint density at radius 3 is 2.32 bits per heavy atom. The third-order valence-electron chi connectivity index (χ3n) is 4.29. The standard InChI is InChI=1S/C19H19ClN2O6/c1-19(18(24)22-12-7-10(20)5-6-13(12)28-19)17(23)21-11-8-14(25-2)16(27-4)15(9-11)26-3/h5-9H,1-4H3,(H,21,23)(H,22,24). The first-order chi connectivity index (χ1) is 13.3. The molecule has 9 heteroatoms. The van der Waals surface area contributed by atoms with E-state index in [1.54, 1.807) is 30.3 Å². The van der Waals surface area contributed by atoms with Gasteiger partial charge in [0.25, 0.3) is 17.4 Å². The van der Waals surface area contributed by atoms with Gasteiger partial charge in [-0.2, -0.15) is 0 Å². The number of amides is 2. The number of nitrogens with one attached hydrogen (secondary N) is 2. The Hall–Kier alpha value is -3.13. The molecule has 28 heavy (non-hydrogen) atoms. The molecule has 148 valence electrons. The number of hydrogen-bond donors (Lipinski definition) is 2. The van der Waals surface area contributed by atoms with E-state index in [0.29, 0.717) is 39.4 Å². The highest BCUT2D eigenvalue weighted by atomic mass is 35.5. The Labute approximate surface area is 166 Å². The molecule has 0 radical (unpaired) electrons. The largest absolute Gasteiger partial charge is 0.493 e. The Bertz CT molecular complexity index is 923. The van der Waals surface area contributed by atoms with E-state index in [2.05, 4.69) is 10.6 Å². The topological polar surface area (TPSA) is 95.1 Å². The van der Waals surface area contributed by atoms with E-state index < -0.39 is 17.4 Å². The number of benzene rings is 2. The lowest BCUT2D eigenvalue weighted by Crippen LogP contribution is -2.56. The number of hydrogen-bond acceptors (Lipinski definition) is 6. The highest BCUT2D eigenvalue weighted by Gasteiger charge is 2.47. The highest BCUT2D eigenvalue weighted by Crippen LogP contribution is 2.41. The van der Waals surface area contributed by atoms with Crippen LogP contribution < -0.4 is 29.6 Å². The van der Waals surface area contributed by atoms with Gasteiger partial charge >= 0.3 is 0 Å². The first-order valence-corrected chi connectivity index (χ1v) is 8.61. The molecule has 0 bridgehead atoms. The average Bonchev–Trinajstić information content (AvgIpc) is 2.68. The van der Waals surface area contributed by atoms with E-state index in [9.17, 15) is 9.59 Å². The summed E-state index contributed by atoms with van der Waals surface area (Å²) in [6, 6.07) is 7.84. The van der Waals surface area contributed by atoms with Crippen LogP contribution in [0.3, 0.4) is 0 Å². The van der Waals surface area contributed by atoms with Crippen molar-refractivity contribution in [2.24, 2.45) is 0 Å². The summed E-state index contributed by atoms with van der Waals surface area (Å²) in [7, 11) is 4.40. The van der Waals surface area contributed by atoms with Gasteiger partial charge < -0.3 is 29.6 Å². The van der Waals surface area contributed by atoms with Crippen LogP contribution in [0.15, 0.2) is 30.3 Å². The third-order valence-corrected chi connectivity index (χ3v) is 4.53. The summed E-state index contributed by atoms with van der Waals surface area (Å²) in [5, 5.41) is 5.74. The summed E-state index contributed by atoms with van der Waals surface area (Å²) < 4.78 is 21.5. The Kier molecular flexibility index (Phi) is 5.24. The predicted octanol–water partition coefficient (Wildman–Crippen LogP) is 3.09. The molecule has 2 aromatic rings. The van der Waals surface area contributed by atoms with Gasteiger partial charge in [0, 0.05) is 22.8 Å². The number of ether oxygens (including phenoxy) is 4. The van der Waals surface area contributed by atoms with Crippen molar-refractivity contribution in [1.82, 2.24) is 0 Å². The van der Waals surface area contributed by atoms with Crippen LogP contribution >= 0.6 is 11.6 Å². The van der Waals surface area contributed by atoms with E-state index in [4.69, 9.17) is 30.5 Å². The van der Waals surface area contributed by atoms with Crippen molar-refractivity contribution in [2.75, 3.05) is 32.0 Å². The lowest BCUT2D eigenvalue weighted by molar-refractivity contribution is -0.143. The summed E-state index contributed by atoms with van der Waals surface area (Å²) in [5.74, 6) is 0.151. The maximum Gasteiger partial charge on any atom is 0.278 e. The molecule has 0 aromatic heterocycles. The van der Waals surface area contributed by atoms with Gasteiger partial charge in [0.15, 0.2) is 11.5 Å². The third kappa shape index (κ3) is 3.38. The maximum absolute atomic E-state index is 12.9. The van der Waals surface area contributed by atoms with Crippen LogP contribution in [0.4, 0.5) is 11.4 Å². The smallest absolute Gasteiger partial charge is 0.278 e. The van der Waals surface area contributed by atoms with Crippen molar-refractivity contribution in [2.45, 2.75) is 12.5 Å². The summed E-state index contributed by atoms with van der Waals surface area (Å²) in [6.07, 6.45) is 0. The van der Waals surface area contributed by atoms with Crippen LogP contribution in [0.1, 0.15) is 6.92 Å². The van der Waals surface area contributed by atoms with Gasteiger partial charge in [-0.3, -0.25) is 9.59 Å². The lowest BCUT2D eigenvalue weighted by Gasteiger charge is -2.33. The Morgan fingerprint density at radius 2 is 1.75 bits per heavy atom. The van der Waals surface area contributed by atoms with Gasteiger partial charge in [-0.1, -0.05) is 11.6 Å². The molecule has 2 N–H and O–H groups in total. The minimum atomic E-state index is -1.79. The molecule has 1 heterocycles. The quantitative estimate of drug-likeness (QED) is 0.741. The second-order valence-corrected chi connectivity index (χ2v) is 6.53. The fourth-order valence-electron chi connectivity index (χ4n) is 2.75. The van der Waals surface area contributed by atoms with Crippen molar-refractivity contribution in [3.8, 4) is 23.0 Å². The number of anilines is 2. The molecule has 1 aliphatic heterocycles. The number of carbonyl (C=O) groups excluding carboxylic acids is 2. The Balaban J connectivity index is 1.90. The zero-order valence-electron chi connectivity index (χ0n) is 15.7. The molecular formula is C19H19ClN2O6. The second kappa shape index (κ2) is 7.47. The van der Waals surface area contributed by atoms with Crippen molar-refractivity contribution >= 4 is 34.8 Å². The number of halogens is 1. The van der Waals surface area contributed by atoms with Gasteiger partial charge in [0.2, 0.25) is 5.75 Å². The number of methoxy groups -OCH3 is 3. The zero-order valence-corrected chi connectivity index (χ0v) is 16.5. The van der Waals surface area contributed by atoms with E-state index in [0.717, 1.165) is 0 Å². The molecule has 2 amide bonds. The van der Waals surface area contributed by atoms with Gasteiger partial charge in [0.1, 0.15) is 5.75 Å². The lowest BCUT2D eigenvalue weighted by atomic mass is 10.0. The fraction of sp³-hybridized carbons (Fsp3) is 0.263. The van der Waals surface area contributed by atoms with Crippen molar-refractivity contribution in [3.63, 3.8) is 0 Å². The molecule has 0 fully saturated rings. The van der Waals surface area contributed by atoms with Crippen molar-refractivity contribution in [3.05, 3.63) is 35.4 Å². The van der Waals surface area contributed by atoms with Gasteiger partial charge in [-0.25, -0.2) is 0 Å². The highest BCUT2D eigenvalue weighted by molar-refractivity contribution is 6.31. The predicted molar refractivity (Wildman–Crippen MR) is 104 cm³/mol. The normalized spacial score (nSPS) is 17.7. The van der Waals surface area contributed by atoms with Crippen LogP contribution in [0, 0.1) is 0 Å². The minimum absolute atomic E-state index is 0.339. The summed E-state index contributed by atoms with van der Waals surface area (Å²) in [6.45, 7) is 1.38. The number of rotatable bonds is 5. The van der Waals surface area contributed by atoms with E-state index in [1.165, 1.54) is 28.3 Å². The molecule has 1 unspecified atom stereocenters. The number of fused-ring (bicyclic) bond motifs is 1. The maximum atomic E-state index is 12.9. The molecule has 1 aliphatic rings. The van der Waals surface area contributed by atoms with Gasteiger partial charge in [0.05, 0.1) is 27.0 Å². The Morgan fingerprint density at radius 1 is 1.11 bits per heavy atom. The van der Waals surface area contributed by atoms with Crippen LogP contribution in [-0.4, -0.2) is 38.7 Å². The molecule has 8 nitrogen and oxygen atoms in total. The molecule has 1 atom stereocenters. The van der Waals surface area contributed by atoms with Crippen LogP contribution in [0.5, 0.6) is 23.0 Å². The monoisotopic (exact) mass is 406 g/mol. The van der Waals surface area contributed by atoms with Crippen LogP contribution in [-0.2, 0) is 9.59 Å². The first-order valence-electron chi connectivity index (χ1n) is 8.24. The number of carbonyl (C=O) groups is 2. The zero-order chi connectivity index (χ0) is 20.5. The first kappa shape index (κ1) is 19.6. The van der Waals surface area contributed by atoms with E-state index >= 15 is 0 Å². The van der Waals surface area contributed by atoms with Crippen molar-refractivity contribution < 1.29 is 28.5 Å². The molecule has 3 rings (SSSR count).